The molecule has 0 amide bonds. The van der Waals surface area contributed by atoms with Gasteiger partial charge in [0, 0.05) is 23.1 Å². The van der Waals surface area contributed by atoms with Gasteiger partial charge in [0.15, 0.2) is 0 Å². The minimum atomic E-state index is -0.946. The van der Waals surface area contributed by atoms with Gasteiger partial charge >= 0.3 is 5.97 Å². The van der Waals surface area contributed by atoms with Crippen LogP contribution in [0.3, 0.4) is 0 Å². The number of ether oxygens (including phenoxy) is 1. The quantitative estimate of drug-likeness (QED) is 0.746. The summed E-state index contributed by atoms with van der Waals surface area (Å²) in [6.45, 7) is 0.508. The third-order valence-electron chi connectivity index (χ3n) is 2.21. The Labute approximate surface area is 91.9 Å². The molecule has 0 spiro atoms. The van der Waals surface area contributed by atoms with Gasteiger partial charge in [0.2, 0.25) is 0 Å². The Morgan fingerprint density at radius 3 is 3.07 bits per heavy atom. The van der Waals surface area contributed by atoms with Crippen LogP contribution in [-0.2, 0) is 4.79 Å². The van der Waals surface area contributed by atoms with Gasteiger partial charge in [0.25, 0.3) is 0 Å². The van der Waals surface area contributed by atoms with E-state index in [4.69, 9.17) is 21.4 Å². The van der Waals surface area contributed by atoms with E-state index in [1.165, 1.54) is 6.08 Å². The Kier molecular flexibility index (Phi) is 2.64. The third kappa shape index (κ3) is 2.13. The van der Waals surface area contributed by atoms with Crippen LogP contribution in [0, 0.1) is 0 Å². The lowest BCUT2D eigenvalue weighted by Gasteiger charge is -2.19. The van der Waals surface area contributed by atoms with E-state index in [0.717, 1.165) is 11.1 Å². The lowest BCUT2D eigenvalue weighted by Crippen LogP contribution is -2.08. The zero-order chi connectivity index (χ0) is 10.8. The van der Waals surface area contributed by atoms with Gasteiger partial charge in [-0.05, 0) is 23.8 Å². The van der Waals surface area contributed by atoms with Crippen LogP contribution in [-0.4, -0.2) is 17.7 Å². The van der Waals surface area contributed by atoms with E-state index in [-0.39, 0.29) is 0 Å². The zero-order valence-electron chi connectivity index (χ0n) is 7.87. The fourth-order valence-corrected chi connectivity index (χ4v) is 1.76. The summed E-state index contributed by atoms with van der Waals surface area (Å²) >= 11 is 5.85. The van der Waals surface area contributed by atoms with Crippen LogP contribution in [0.25, 0.3) is 5.57 Å². The highest BCUT2D eigenvalue weighted by Gasteiger charge is 2.16. The van der Waals surface area contributed by atoms with Gasteiger partial charge in [-0.15, -0.1) is 0 Å². The minimum Gasteiger partial charge on any atom is -0.493 e. The van der Waals surface area contributed by atoms with Crippen molar-refractivity contribution in [1.29, 1.82) is 0 Å². The van der Waals surface area contributed by atoms with Gasteiger partial charge in [-0.2, -0.15) is 0 Å². The van der Waals surface area contributed by atoms with Crippen molar-refractivity contribution in [3.8, 4) is 5.75 Å². The molecule has 0 bridgehead atoms. The summed E-state index contributed by atoms with van der Waals surface area (Å²) in [5.41, 5.74) is 1.53. The minimum absolute atomic E-state index is 0.508. The number of halogens is 1. The summed E-state index contributed by atoms with van der Waals surface area (Å²) in [5.74, 6) is -0.254. The molecule has 15 heavy (non-hydrogen) atoms. The van der Waals surface area contributed by atoms with Crippen molar-refractivity contribution in [3.63, 3.8) is 0 Å². The van der Waals surface area contributed by atoms with Crippen LogP contribution in [0.5, 0.6) is 5.75 Å². The number of carbonyl (C=O) groups is 1. The van der Waals surface area contributed by atoms with E-state index in [2.05, 4.69) is 0 Å². The van der Waals surface area contributed by atoms with Gasteiger partial charge in [-0.1, -0.05) is 11.6 Å². The molecular weight excluding hydrogens is 216 g/mol. The van der Waals surface area contributed by atoms with Gasteiger partial charge < -0.3 is 9.84 Å². The SMILES string of the molecule is O=C(O)/C=C1/CCOc2ccc(Cl)cc21. The average molecular weight is 225 g/mol. The molecule has 0 radical (unpaired) electrons. The van der Waals surface area contributed by atoms with Crippen molar-refractivity contribution in [2.75, 3.05) is 6.61 Å². The van der Waals surface area contributed by atoms with Crippen LogP contribution in [0.15, 0.2) is 24.3 Å². The Bertz CT molecular complexity index is 437. The van der Waals surface area contributed by atoms with Crippen molar-refractivity contribution in [3.05, 3.63) is 34.9 Å². The van der Waals surface area contributed by atoms with Crippen molar-refractivity contribution < 1.29 is 14.6 Å². The molecule has 1 aromatic rings. The van der Waals surface area contributed by atoms with Crippen LogP contribution in [0.1, 0.15) is 12.0 Å². The average Bonchev–Trinajstić information content (AvgIpc) is 2.18. The number of fused-ring (bicyclic) bond motifs is 1. The molecule has 1 N–H and O–H groups in total. The molecule has 1 heterocycles. The van der Waals surface area contributed by atoms with Crippen LogP contribution in [0.2, 0.25) is 5.02 Å². The number of hydrogen-bond donors (Lipinski definition) is 1. The highest BCUT2D eigenvalue weighted by molar-refractivity contribution is 6.30. The van der Waals surface area contributed by atoms with E-state index in [0.29, 0.717) is 23.8 Å². The number of benzene rings is 1. The molecule has 1 aromatic carbocycles. The molecule has 0 aromatic heterocycles. The summed E-state index contributed by atoms with van der Waals surface area (Å²) in [7, 11) is 0. The number of carboxylic acids is 1. The van der Waals surface area contributed by atoms with Gasteiger partial charge in [-0.25, -0.2) is 4.79 Å². The first-order valence-electron chi connectivity index (χ1n) is 4.53. The van der Waals surface area contributed by atoms with Crippen molar-refractivity contribution >= 4 is 23.1 Å². The lowest BCUT2D eigenvalue weighted by molar-refractivity contribution is -0.131. The van der Waals surface area contributed by atoms with Gasteiger partial charge in [0.05, 0.1) is 6.61 Å². The second-order valence-corrected chi connectivity index (χ2v) is 3.68. The molecule has 0 aliphatic carbocycles. The lowest BCUT2D eigenvalue weighted by atomic mass is 9.99. The maximum Gasteiger partial charge on any atom is 0.328 e. The topological polar surface area (TPSA) is 46.5 Å². The summed E-state index contributed by atoms with van der Waals surface area (Å²) < 4.78 is 5.40. The molecule has 78 valence electrons. The Hall–Kier alpha value is -1.48. The number of hydrogen-bond acceptors (Lipinski definition) is 2. The third-order valence-corrected chi connectivity index (χ3v) is 2.45. The fourth-order valence-electron chi connectivity index (χ4n) is 1.58. The van der Waals surface area contributed by atoms with Crippen LogP contribution in [0.4, 0.5) is 0 Å². The van der Waals surface area contributed by atoms with E-state index in [9.17, 15) is 4.79 Å². The summed E-state index contributed by atoms with van der Waals surface area (Å²) in [5, 5.41) is 9.29. The Morgan fingerprint density at radius 2 is 2.33 bits per heavy atom. The van der Waals surface area contributed by atoms with Gasteiger partial charge in [-0.3, -0.25) is 0 Å². The first kappa shape index (κ1) is 10.1. The smallest absolute Gasteiger partial charge is 0.328 e. The van der Waals surface area contributed by atoms with E-state index in [1.54, 1.807) is 18.2 Å². The molecule has 0 atom stereocenters. The fraction of sp³-hybridized carbons (Fsp3) is 0.182. The molecule has 0 unspecified atom stereocenters. The van der Waals surface area contributed by atoms with Gasteiger partial charge in [0.1, 0.15) is 5.75 Å². The number of aliphatic carboxylic acids is 1. The predicted octanol–water partition coefficient (Wildman–Crippen LogP) is 2.59. The van der Waals surface area contributed by atoms with Crippen LogP contribution >= 0.6 is 11.6 Å². The molecule has 0 saturated heterocycles. The second kappa shape index (κ2) is 3.95. The highest BCUT2D eigenvalue weighted by Crippen LogP contribution is 2.34. The monoisotopic (exact) mass is 224 g/mol. The first-order chi connectivity index (χ1) is 7.16. The summed E-state index contributed by atoms with van der Waals surface area (Å²) in [6, 6.07) is 5.21. The zero-order valence-corrected chi connectivity index (χ0v) is 8.62. The molecular formula is C11H9ClO3. The standard InChI is InChI=1S/C11H9ClO3/c12-8-1-2-10-9(6-8)7(3-4-15-10)5-11(13)14/h1-2,5-6H,3-4H2,(H,13,14)/b7-5-. The highest BCUT2D eigenvalue weighted by atomic mass is 35.5. The molecule has 1 aliphatic heterocycles. The van der Waals surface area contributed by atoms with Crippen molar-refractivity contribution in [2.24, 2.45) is 0 Å². The number of carboxylic acid groups (broad SMARTS) is 1. The molecule has 2 rings (SSSR count). The van der Waals surface area contributed by atoms with E-state index < -0.39 is 5.97 Å². The number of rotatable bonds is 1. The van der Waals surface area contributed by atoms with Crippen molar-refractivity contribution in [2.45, 2.75) is 6.42 Å². The van der Waals surface area contributed by atoms with Crippen molar-refractivity contribution in [1.82, 2.24) is 0 Å². The molecule has 3 nitrogen and oxygen atoms in total. The largest absolute Gasteiger partial charge is 0.493 e. The summed E-state index contributed by atoms with van der Waals surface area (Å²) in [6.07, 6.45) is 1.80. The first-order valence-corrected chi connectivity index (χ1v) is 4.91. The van der Waals surface area contributed by atoms with E-state index >= 15 is 0 Å². The van der Waals surface area contributed by atoms with Crippen LogP contribution < -0.4 is 4.74 Å². The second-order valence-electron chi connectivity index (χ2n) is 3.25. The summed E-state index contributed by atoms with van der Waals surface area (Å²) in [4.78, 5) is 10.6. The maximum absolute atomic E-state index is 10.6. The molecule has 0 fully saturated rings. The van der Waals surface area contributed by atoms with E-state index in [1.807, 2.05) is 0 Å². The Balaban J connectivity index is 2.49. The molecule has 0 saturated carbocycles. The Morgan fingerprint density at radius 1 is 1.53 bits per heavy atom. The molecule has 4 heteroatoms. The maximum atomic E-state index is 10.6. The molecule has 1 aliphatic rings. The normalized spacial score (nSPS) is 17.0. The predicted molar refractivity (Wildman–Crippen MR) is 57.2 cm³/mol.